The van der Waals surface area contributed by atoms with E-state index in [2.05, 4.69) is 0 Å². The Morgan fingerprint density at radius 3 is 2.36 bits per heavy atom. The standard InChI is InChI=1S/C9H9NO/c1-7-2-4-8(5-3-7)9(11)6-10/h2-5,9,11H,1H3/t9-/m0/s1. The minimum absolute atomic E-state index is 0.651. The van der Waals surface area contributed by atoms with Crippen LogP contribution in [0.1, 0.15) is 17.2 Å². The molecule has 0 spiro atoms. The first-order valence-corrected chi connectivity index (χ1v) is 3.38. The van der Waals surface area contributed by atoms with Crippen LogP contribution in [0.3, 0.4) is 0 Å². The normalized spacial score (nSPS) is 12.1. The molecule has 1 aromatic rings. The smallest absolute Gasteiger partial charge is 0.165 e. The molecule has 0 fully saturated rings. The van der Waals surface area contributed by atoms with Crippen molar-refractivity contribution in [1.82, 2.24) is 0 Å². The molecular weight excluding hydrogens is 138 g/mol. The molecule has 0 aliphatic heterocycles. The fraction of sp³-hybridized carbons (Fsp3) is 0.222. The van der Waals surface area contributed by atoms with Gasteiger partial charge in [-0.1, -0.05) is 29.8 Å². The van der Waals surface area contributed by atoms with Crippen LogP contribution in [0.2, 0.25) is 0 Å². The van der Waals surface area contributed by atoms with Gasteiger partial charge in [-0.2, -0.15) is 5.26 Å². The Morgan fingerprint density at radius 1 is 1.36 bits per heavy atom. The number of aliphatic hydroxyl groups excluding tert-OH is 1. The summed E-state index contributed by atoms with van der Waals surface area (Å²) in [4.78, 5) is 0. The maximum absolute atomic E-state index is 9.06. The Morgan fingerprint density at radius 2 is 1.91 bits per heavy atom. The Kier molecular flexibility index (Phi) is 2.25. The maximum atomic E-state index is 9.06. The maximum Gasteiger partial charge on any atom is 0.165 e. The van der Waals surface area contributed by atoms with Crippen LogP contribution in [0.5, 0.6) is 0 Å². The average Bonchev–Trinajstić information content (AvgIpc) is 2.05. The molecule has 0 aromatic heterocycles. The minimum atomic E-state index is -0.990. The van der Waals surface area contributed by atoms with Crippen molar-refractivity contribution in [2.24, 2.45) is 0 Å². The van der Waals surface area contributed by atoms with Gasteiger partial charge in [-0.05, 0) is 12.5 Å². The number of hydrogen-bond acceptors (Lipinski definition) is 2. The molecule has 0 radical (unpaired) electrons. The molecule has 0 heterocycles. The molecule has 0 saturated heterocycles. The SMILES string of the molecule is Cc1ccc([C@@H](O)C#N)cc1. The topological polar surface area (TPSA) is 44.0 Å². The molecule has 1 aromatic carbocycles. The first-order chi connectivity index (χ1) is 5.24. The van der Waals surface area contributed by atoms with Gasteiger partial charge in [-0.25, -0.2) is 0 Å². The lowest BCUT2D eigenvalue weighted by Gasteiger charge is -2.00. The van der Waals surface area contributed by atoms with Gasteiger partial charge in [0, 0.05) is 0 Å². The van der Waals surface area contributed by atoms with Gasteiger partial charge in [0.15, 0.2) is 6.10 Å². The van der Waals surface area contributed by atoms with Crippen molar-refractivity contribution in [3.05, 3.63) is 35.4 Å². The van der Waals surface area contributed by atoms with Gasteiger partial charge in [0.05, 0.1) is 6.07 Å². The highest BCUT2D eigenvalue weighted by Crippen LogP contribution is 2.11. The van der Waals surface area contributed by atoms with Crippen molar-refractivity contribution >= 4 is 0 Å². The molecule has 2 nitrogen and oxygen atoms in total. The van der Waals surface area contributed by atoms with Crippen LogP contribution in [-0.2, 0) is 0 Å². The number of aryl methyl sites for hydroxylation is 1. The van der Waals surface area contributed by atoms with Crippen molar-refractivity contribution in [1.29, 1.82) is 5.26 Å². The highest BCUT2D eigenvalue weighted by atomic mass is 16.3. The van der Waals surface area contributed by atoms with Gasteiger partial charge in [-0.15, -0.1) is 0 Å². The van der Waals surface area contributed by atoms with Gasteiger partial charge in [0.2, 0.25) is 0 Å². The van der Waals surface area contributed by atoms with Crippen molar-refractivity contribution in [2.75, 3.05) is 0 Å². The summed E-state index contributed by atoms with van der Waals surface area (Å²) in [5, 5.41) is 17.4. The van der Waals surface area contributed by atoms with Crippen molar-refractivity contribution < 1.29 is 5.11 Å². The summed E-state index contributed by atoms with van der Waals surface area (Å²) in [6.07, 6.45) is -0.990. The molecular formula is C9H9NO. The largest absolute Gasteiger partial charge is 0.374 e. The zero-order valence-corrected chi connectivity index (χ0v) is 6.28. The Labute approximate surface area is 65.7 Å². The summed E-state index contributed by atoms with van der Waals surface area (Å²) < 4.78 is 0. The Bertz CT molecular complexity index is 271. The van der Waals surface area contributed by atoms with Gasteiger partial charge >= 0.3 is 0 Å². The lowest BCUT2D eigenvalue weighted by molar-refractivity contribution is 0.236. The summed E-state index contributed by atoms with van der Waals surface area (Å²) in [5.74, 6) is 0. The van der Waals surface area contributed by atoms with E-state index in [1.807, 2.05) is 19.1 Å². The Hall–Kier alpha value is -1.33. The van der Waals surface area contributed by atoms with Crippen molar-refractivity contribution in [2.45, 2.75) is 13.0 Å². The lowest BCUT2D eigenvalue weighted by Crippen LogP contribution is -1.92. The van der Waals surface area contributed by atoms with E-state index < -0.39 is 6.10 Å². The first-order valence-electron chi connectivity index (χ1n) is 3.38. The van der Waals surface area contributed by atoms with E-state index >= 15 is 0 Å². The molecule has 1 N–H and O–H groups in total. The fourth-order valence-electron chi connectivity index (χ4n) is 0.823. The van der Waals surface area contributed by atoms with Gasteiger partial charge in [0.1, 0.15) is 0 Å². The van der Waals surface area contributed by atoms with Crippen molar-refractivity contribution in [3.8, 4) is 6.07 Å². The van der Waals surface area contributed by atoms with E-state index in [0.717, 1.165) is 5.56 Å². The number of rotatable bonds is 1. The molecule has 0 bridgehead atoms. The molecule has 11 heavy (non-hydrogen) atoms. The monoisotopic (exact) mass is 147 g/mol. The van der Waals surface area contributed by atoms with Crippen LogP contribution in [0, 0.1) is 18.3 Å². The third-order valence-electron chi connectivity index (χ3n) is 1.52. The van der Waals surface area contributed by atoms with E-state index in [1.165, 1.54) is 0 Å². The first kappa shape index (κ1) is 7.77. The number of benzene rings is 1. The number of hydrogen-bond donors (Lipinski definition) is 1. The summed E-state index contributed by atoms with van der Waals surface area (Å²) in [6, 6.07) is 9.00. The second kappa shape index (κ2) is 3.18. The molecule has 0 aliphatic carbocycles. The number of nitriles is 1. The Balaban J connectivity index is 2.92. The molecule has 1 atom stereocenters. The zero-order valence-electron chi connectivity index (χ0n) is 6.28. The van der Waals surface area contributed by atoms with Crippen LogP contribution < -0.4 is 0 Å². The highest BCUT2D eigenvalue weighted by Gasteiger charge is 2.02. The predicted octanol–water partition coefficient (Wildman–Crippen LogP) is 1.55. The van der Waals surface area contributed by atoms with Crippen LogP contribution in [0.4, 0.5) is 0 Å². The van der Waals surface area contributed by atoms with E-state index in [4.69, 9.17) is 10.4 Å². The fourth-order valence-corrected chi connectivity index (χ4v) is 0.823. The van der Waals surface area contributed by atoms with E-state index in [9.17, 15) is 0 Å². The summed E-state index contributed by atoms with van der Waals surface area (Å²) in [6.45, 7) is 1.96. The van der Waals surface area contributed by atoms with Gasteiger partial charge < -0.3 is 5.11 Å². The predicted molar refractivity (Wildman–Crippen MR) is 41.8 cm³/mol. The molecule has 2 heteroatoms. The molecule has 0 amide bonds. The van der Waals surface area contributed by atoms with E-state index in [-0.39, 0.29) is 0 Å². The van der Waals surface area contributed by atoms with Crippen LogP contribution >= 0.6 is 0 Å². The summed E-state index contributed by atoms with van der Waals surface area (Å²) >= 11 is 0. The van der Waals surface area contributed by atoms with Crippen molar-refractivity contribution in [3.63, 3.8) is 0 Å². The summed E-state index contributed by atoms with van der Waals surface area (Å²) in [7, 11) is 0. The van der Waals surface area contributed by atoms with Crippen LogP contribution in [-0.4, -0.2) is 5.11 Å². The summed E-state index contributed by atoms with van der Waals surface area (Å²) in [5.41, 5.74) is 1.77. The third-order valence-corrected chi connectivity index (χ3v) is 1.52. The lowest BCUT2D eigenvalue weighted by atomic mass is 10.1. The molecule has 0 aliphatic rings. The second-order valence-electron chi connectivity index (χ2n) is 2.44. The molecule has 0 unspecified atom stereocenters. The molecule has 0 saturated carbocycles. The van der Waals surface area contributed by atoms with Crippen LogP contribution in [0.15, 0.2) is 24.3 Å². The average molecular weight is 147 g/mol. The molecule has 1 rings (SSSR count). The third kappa shape index (κ3) is 1.79. The zero-order chi connectivity index (χ0) is 8.27. The molecule has 56 valence electrons. The minimum Gasteiger partial charge on any atom is -0.374 e. The quantitative estimate of drug-likeness (QED) is 0.612. The van der Waals surface area contributed by atoms with Gasteiger partial charge in [-0.3, -0.25) is 0 Å². The number of nitrogens with zero attached hydrogens (tertiary/aromatic N) is 1. The second-order valence-corrected chi connectivity index (χ2v) is 2.44. The van der Waals surface area contributed by atoms with E-state index in [1.54, 1.807) is 18.2 Å². The number of aliphatic hydroxyl groups is 1. The van der Waals surface area contributed by atoms with E-state index in [0.29, 0.717) is 5.56 Å². The van der Waals surface area contributed by atoms with Crippen LogP contribution in [0.25, 0.3) is 0 Å². The van der Waals surface area contributed by atoms with Gasteiger partial charge in [0.25, 0.3) is 0 Å². The highest BCUT2D eigenvalue weighted by molar-refractivity contribution is 5.25.